The molecule has 1 heterocycles. The summed E-state index contributed by atoms with van der Waals surface area (Å²) in [5.74, 6) is -1.07. The molecule has 1 fully saturated rings. The number of likely N-dealkylation sites (N-methyl/N-ethyl adjacent to an activating group) is 1. The van der Waals surface area contributed by atoms with Gasteiger partial charge in [-0.15, -0.1) is 0 Å². The third-order valence-corrected chi connectivity index (χ3v) is 2.13. The van der Waals surface area contributed by atoms with Crippen molar-refractivity contribution in [2.75, 3.05) is 33.2 Å². The van der Waals surface area contributed by atoms with E-state index in [1.165, 1.54) is 31.3 Å². The highest BCUT2D eigenvalue weighted by Gasteiger charge is 2.01. The van der Waals surface area contributed by atoms with Gasteiger partial charge >= 0.3 is 0 Å². The second kappa shape index (κ2) is 6.48. The molecule has 1 aliphatic rings. The van der Waals surface area contributed by atoms with E-state index in [0.29, 0.717) is 0 Å². The van der Waals surface area contributed by atoms with Gasteiger partial charge < -0.3 is 10.2 Å². The van der Waals surface area contributed by atoms with E-state index >= 15 is 0 Å². The Labute approximate surface area is 88.9 Å². The van der Waals surface area contributed by atoms with Crippen LogP contribution in [-0.4, -0.2) is 38.1 Å². The van der Waals surface area contributed by atoms with Gasteiger partial charge in [-0.25, -0.2) is 8.78 Å². The Hall–Kier alpha value is -1.00. The van der Waals surface area contributed by atoms with E-state index < -0.39 is 11.6 Å². The van der Waals surface area contributed by atoms with Crippen LogP contribution >= 0.6 is 0 Å². The minimum absolute atomic E-state index is 0.537. The van der Waals surface area contributed by atoms with Gasteiger partial charge in [0.15, 0.2) is 0 Å². The fourth-order valence-electron chi connectivity index (χ4n) is 1.24. The first-order valence-electron chi connectivity index (χ1n) is 4.99. The number of nitrogens with one attached hydrogen (secondary N) is 1. The summed E-state index contributed by atoms with van der Waals surface area (Å²) in [5, 5.41) is 3.27. The quantitative estimate of drug-likeness (QED) is 0.704. The fraction of sp³-hybridized carbons (Fsp3) is 0.455. The van der Waals surface area contributed by atoms with Crippen molar-refractivity contribution in [2.24, 2.45) is 0 Å². The molecule has 1 saturated heterocycles. The van der Waals surface area contributed by atoms with Crippen molar-refractivity contribution in [3.63, 3.8) is 0 Å². The lowest BCUT2D eigenvalue weighted by Gasteiger charge is -2.21. The summed E-state index contributed by atoms with van der Waals surface area (Å²) < 4.78 is 23.9. The van der Waals surface area contributed by atoms with Crippen molar-refractivity contribution in [3.05, 3.63) is 35.9 Å². The number of hydrogen-bond acceptors (Lipinski definition) is 2. The highest BCUT2D eigenvalue weighted by atomic mass is 19.1. The normalized spacial score (nSPS) is 16.7. The third kappa shape index (κ3) is 5.44. The predicted octanol–water partition coefficient (Wildman–Crippen LogP) is 1.49. The second-order valence-electron chi connectivity index (χ2n) is 3.49. The maximum Gasteiger partial charge on any atom is 0.126 e. The van der Waals surface area contributed by atoms with Gasteiger partial charge in [-0.1, -0.05) is 6.07 Å². The number of rotatable bonds is 0. The average molecular weight is 214 g/mol. The molecule has 4 heteroatoms. The van der Waals surface area contributed by atoms with Gasteiger partial charge in [-0.3, -0.25) is 0 Å². The molecule has 1 aromatic carbocycles. The van der Waals surface area contributed by atoms with Crippen LogP contribution in [0.25, 0.3) is 0 Å². The Morgan fingerprint density at radius 3 is 1.93 bits per heavy atom. The van der Waals surface area contributed by atoms with E-state index in [1.807, 2.05) is 0 Å². The van der Waals surface area contributed by atoms with E-state index in [1.54, 1.807) is 0 Å². The van der Waals surface area contributed by atoms with Crippen molar-refractivity contribution < 1.29 is 8.78 Å². The largest absolute Gasteiger partial charge is 0.314 e. The molecule has 2 rings (SSSR count). The molecular weight excluding hydrogens is 198 g/mol. The maximum atomic E-state index is 11.9. The van der Waals surface area contributed by atoms with Crippen molar-refractivity contribution >= 4 is 0 Å². The SMILES string of the molecule is CN1CCNCC1.Fc1cccc(F)c1. The Morgan fingerprint density at radius 2 is 1.67 bits per heavy atom. The summed E-state index contributed by atoms with van der Waals surface area (Å²) in [6, 6.07) is 4.55. The van der Waals surface area contributed by atoms with Gasteiger partial charge in [0.2, 0.25) is 0 Å². The standard InChI is InChI=1S/C6H4F2.C5H12N2/c7-5-2-1-3-6(8)4-5;1-7-4-2-6-3-5-7/h1-4H;6H,2-5H2,1H3. The Balaban J connectivity index is 0.000000151. The van der Waals surface area contributed by atoms with Crippen molar-refractivity contribution in [3.8, 4) is 0 Å². The monoisotopic (exact) mass is 214 g/mol. The lowest BCUT2D eigenvalue weighted by molar-refractivity contribution is 0.291. The summed E-state index contributed by atoms with van der Waals surface area (Å²) in [4.78, 5) is 2.33. The van der Waals surface area contributed by atoms with Gasteiger partial charge in [-0.2, -0.15) is 0 Å². The molecule has 1 N–H and O–H groups in total. The van der Waals surface area contributed by atoms with Crippen molar-refractivity contribution in [1.82, 2.24) is 10.2 Å². The number of hydrogen-bond donors (Lipinski definition) is 1. The van der Waals surface area contributed by atoms with E-state index in [0.717, 1.165) is 19.2 Å². The lowest BCUT2D eigenvalue weighted by atomic mass is 10.3. The topological polar surface area (TPSA) is 15.3 Å². The van der Waals surface area contributed by atoms with Crippen LogP contribution in [0.2, 0.25) is 0 Å². The number of piperazine rings is 1. The maximum absolute atomic E-state index is 11.9. The van der Waals surface area contributed by atoms with Crippen molar-refractivity contribution in [1.29, 1.82) is 0 Å². The fourth-order valence-corrected chi connectivity index (χ4v) is 1.24. The summed E-state index contributed by atoms with van der Waals surface area (Å²) in [5.41, 5.74) is 0. The van der Waals surface area contributed by atoms with E-state index in [9.17, 15) is 8.78 Å². The number of nitrogens with zero attached hydrogens (tertiary/aromatic N) is 1. The van der Waals surface area contributed by atoms with Gasteiger partial charge in [0.1, 0.15) is 11.6 Å². The zero-order chi connectivity index (χ0) is 11.1. The summed E-state index contributed by atoms with van der Waals surface area (Å²) >= 11 is 0. The third-order valence-electron chi connectivity index (χ3n) is 2.13. The first-order valence-corrected chi connectivity index (χ1v) is 4.99. The Kier molecular flexibility index (Phi) is 5.21. The summed E-state index contributed by atoms with van der Waals surface area (Å²) in [6.45, 7) is 4.74. The minimum atomic E-state index is -0.537. The first kappa shape index (κ1) is 12.1. The van der Waals surface area contributed by atoms with Crippen LogP contribution in [0.15, 0.2) is 24.3 Å². The molecule has 0 unspecified atom stereocenters. The molecule has 1 aromatic rings. The predicted molar refractivity (Wildman–Crippen MR) is 56.7 cm³/mol. The molecule has 1 aliphatic heterocycles. The van der Waals surface area contributed by atoms with E-state index in [4.69, 9.17) is 0 Å². The zero-order valence-corrected chi connectivity index (χ0v) is 8.84. The molecule has 84 valence electrons. The van der Waals surface area contributed by atoms with E-state index in [2.05, 4.69) is 17.3 Å². The first-order chi connectivity index (χ1) is 7.18. The van der Waals surface area contributed by atoms with Gasteiger partial charge in [0.25, 0.3) is 0 Å². The van der Waals surface area contributed by atoms with Crippen LogP contribution in [0.1, 0.15) is 0 Å². The molecule has 0 bridgehead atoms. The highest BCUT2D eigenvalue weighted by molar-refractivity contribution is 5.04. The smallest absolute Gasteiger partial charge is 0.126 e. The molecule has 0 atom stereocenters. The molecule has 2 nitrogen and oxygen atoms in total. The van der Waals surface area contributed by atoms with Gasteiger partial charge in [0.05, 0.1) is 0 Å². The second-order valence-corrected chi connectivity index (χ2v) is 3.49. The van der Waals surface area contributed by atoms with Crippen LogP contribution in [-0.2, 0) is 0 Å². The number of halogens is 2. The van der Waals surface area contributed by atoms with Crippen LogP contribution in [0.4, 0.5) is 8.78 Å². The molecule has 0 aromatic heterocycles. The van der Waals surface area contributed by atoms with Gasteiger partial charge in [0, 0.05) is 32.2 Å². The van der Waals surface area contributed by atoms with Crippen LogP contribution in [0.5, 0.6) is 0 Å². The molecular formula is C11H16F2N2. The van der Waals surface area contributed by atoms with Gasteiger partial charge in [-0.05, 0) is 19.2 Å². The Morgan fingerprint density at radius 1 is 1.13 bits per heavy atom. The highest BCUT2D eigenvalue weighted by Crippen LogP contribution is 1.99. The van der Waals surface area contributed by atoms with Crippen LogP contribution in [0, 0.1) is 11.6 Å². The zero-order valence-electron chi connectivity index (χ0n) is 8.84. The molecule has 0 aliphatic carbocycles. The van der Waals surface area contributed by atoms with Crippen LogP contribution < -0.4 is 5.32 Å². The Bertz CT molecular complexity index is 268. The molecule has 0 saturated carbocycles. The molecule has 0 radical (unpaired) electrons. The number of benzene rings is 1. The lowest BCUT2D eigenvalue weighted by Crippen LogP contribution is -2.40. The minimum Gasteiger partial charge on any atom is -0.314 e. The molecule has 0 spiro atoms. The summed E-state index contributed by atoms with van der Waals surface area (Å²) in [7, 11) is 2.15. The van der Waals surface area contributed by atoms with E-state index in [-0.39, 0.29) is 0 Å². The molecule has 0 amide bonds. The summed E-state index contributed by atoms with van der Waals surface area (Å²) in [6.07, 6.45) is 0. The molecule has 15 heavy (non-hydrogen) atoms. The average Bonchev–Trinajstić information content (AvgIpc) is 2.19. The van der Waals surface area contributed by atoms with Crippen LogP contribution in [0.3, 0.4) is 0 Å². The van der Waals surface area contributed by atoms with Crippen molar-refractivity contribution in [2.45, 2.75) is 0 Å².